The molecule has 0 bridgehead atoms. The number of para-hydroxylation sites is 1. The predicted molar refractivity (Wildman–Crippen MR) is 177 cm³/mol. The number of allylic oxidation sites excluding steroid dienone is 2. The maximum atomic E-state index is 11.5. The molecule has 0 spiro atoms. The number of carbonyl (C=O) groups is 1. The zero-order valence-electron chi connectivity index (χ0n) is 25.7. The summed E-state index contributed by atoms with van der Waals surface area (Å²) in [4.78, 5) is 16.4. The molecule has 0 saturated heterocycles. The Morgan fingerprint density at radius 2 is 1.52 bits per heavy atom. The first-order valence-corrected chi connectivity index (χ1v) is 14.5. The van der Waals surface area contributed by atoms with E-state index in [2.05, 4.69) is 71.3 Å². The maximum Gasteiger partial charge on any atom is 0.164 e. The van der Waals surface area contributed by atoms with Crippen molar-refractivity contribution < 1.29 is 34.4 Å². The number of nitrogens with zero attached hydrogens (tertiary/aromatic N) is 2. The fraction of sp³-hybridized carbons (Fsp3) is 0.211. The van der Waals surface area contributed by atoms with E-state index in [9.17, 15) is 9.90 Å². The molecule has 0 amide bonds. The van der Waals surface area contributed by atoms with Crippen LogP contribution in [0.5, 0.6) is 0 Å². The summed E-state index contributed by atoms with van der Waals surface area (Å²) in [6.07, 6.45) is 3.29. The van der Waals surface area contributed by atoms with E-state index >= 15 is 0 Å². The number of fused-ring (bicyclic) bond motifs is 4. The van der Waals surface area contributed by atoms with Crippen LogP contribution in [0.4, 0.5) is 0 Å². The van der Waals surface area contributed by atoms with Crippen LogP contribution in [-0.4, -0.2) is 20.4 Å². The molecule has 0 aliphatic rings. The fourth-order valence-corrected chi connectivity index (χ4v) is 5.24. The van der Waals surface area contributed by atoms with Crippen LogP contribution in [0.25, 0.3) is 60.3 Å². The number of carbonyl (C=O) groups excluding carboxylic acids is 1. The molecule has 7 rings (SSSR count). The fourth-order valence-electron chi connectivity index (χ4n) is 5.24. The van der Waals surface area contributed by atoms with Crippen molar-refractivity contribution in [2.75, 3.05) is 0 Å². The van der Waals surface area contributed by atoms with E-state index in [0.717, 1.165) is 60.3 Å². The molecule has 1 N–H and O–H groups in total. The standard InChI is InChI=1S/C27H15N2O.C11H20O2.Ir/c1-2-9-18(10-3-1)29-21-13-7-15-23-25(21)24-20(12-6-14-22(24)30-23)26-27(29)19-11-5-4-8-17(19)16-28-26;1-10(2,3)8(12)7-9(13)11(4,5)6;/h1-11,13-16H;7,12H,1-6H3;/q-1;;/b;8-7-;. The summed E-state index contributed by atoms with van der Waals surface area (Å²) in [5.41, 5.74) is 5.15. The predicted octanol–water partition coefficient (Wildman–Crippen LogP) is 10.1. The smallest absolute Gasteiger partial charge is 0.164 e. The van der Waals surface area contributed by atoms with Crippen molar-refractivity contribution >= 4 is 60.4 Å². The van der Waals surface area contributed by atoms with Gasteiger partial charge in [-0.1, -0.05) is 102 Å². The summed E-state index contributed by atoms with van der Waals surface area (Å²) in [6.45, 7) is 11.1. The van der Waals surface area contributed by atoms with E-state index < -0.39 is 5.41 Å². The molecular formula is C38H35IrN2O3-. The van der Waals surface area contributed by atoms with Gasteiger partial charge in [-0.15, -0.1) is 17.5 Å². The quantitative estimate of drug-likeness (QED) is 0.108. The summed E-state index contributed by atoms with van der Waals surface area (Å²) in [5, 5.41) is 15.0. The van der Waals surface area contributed by atoms with Gasteiger partial charge in [-0.05, 0) is 29.7 Å². The number of aliphatic hydroxyl groups is 1. The van der Waals surface area contributed by atoms with Crippen molar-refractivity contribution in [3.8, 4) is 5.69 Å². The normalized spacial score (nSPS) is 12.5. The van der Waals surface area contributed by atoms with E-state index in [1.54, 1.807) is 0 Å². The average molecular weight is 760 g/mol. The number of ketones is 1. The Morgan fingerprint density at radius 1 is 0.841 bits per heavy atom. The van der Waals surface area contributed by atoms with Crippen LogP contribution in [0, 0.1) is 16.9 Å². The summed E-state index contributed by atoms with van der Waals surface area (Å²) >= 11 is 0. The van der Waals surface area contributed by atoms with Crippen LogP contribution < -0.4 is 0 Å². The van der Waals surface area contributed by atoms with Crippen LogP contribution in [-0.2, 0) is 24.9 Å². The molecule has 0 aliphatic carbocycles. The van der Waals surface area contributed by atoms with Gasteiger partial charge in [-0.2, -0.15) is 0 Å². The van der Waals surface area contributed by atoms with Gasteiger partial charge in [0.05, 0.1) is 5.58 Å². The van der Waals surface area contributed by atoms with Crippen molar-refractivity contribution in [3.05, 3.63) is 109 Å². The van der Waals surface area contributed by atoms with Crippen LogP contribution in [0.1, 0.15) is 41.5 Å². The SMILES string of the molecule is CC(C)(C)C(=O)/C=C(\O)C(C)(C)C.[Ir].[c-]1ccc2oc3cccc4c3c2c1c1ncc2ccccc2c1n4-c1ccccc1. The minimum Gasteiger partial charge on any atom is -0.512 e. The molecule has 3 aromatic heterocycles. The molecular weight excluding hydrogens is 725 g/mol. The molecule has 4 aromatic carbocycles. The second-order valence-electron chi connectivity index (χ2n) is 13.0. The van der Waals surface area contributed by atoms with Gasteiger partial charge >= 0.3 is 0 Å². The molecule has 0 unspecified atom stereocenters. The zero-order chi connectivity index (χ0) is 30.5. The van der Waals surface area contributed by atoms with Crippen LogP contribution in [0.3, 0.4) is 0 Å². The van der Waals surface area contributed by atoms with Crippen molar-refractivity contribution in [1.82, 2.24) is 9.55 Å². The Morgan fingerprint density at radius 3 is 2.23 bits per heavy atom. The third-order valence-electron chi connectivity index (χ3n) is 7.70. The number of hydrogen-bond acceptors (Lipinski definition) is 4. The number of aromatic nitrogens is 2. The zero-order valence-corrected chi connectivity index (χ0v) is 28.1. The van der Waals surface area contributed by atoms with Crippen LogP contribution in [0.2, 0.25) is 0 Å². The Balaban J connectivity index is 0.000000237. The Kier molecular flexibility index (Phi) is 8.28. The largest absolute Gasteiger partial charge is 0.512 e. The van der Waals surface area contributed by atoms with E-state index in [1.165, 1.54) is 6.08 Å². The minimum absolute atomic E-state index is 0. The van der Waals surface area contributed by atoms with Crippen molar-refractivity contribution in [1.29, 1.82) is 0 Å². The monoisotopic (exact) mass is 760 g/mol. The molecule has 225 valence electrons. The first kappa shape index (κ1) is 31.2. The Bertz CT molecular complexity index is 2180. The number of aliphatic hydroxyl groups excluding tert-OH is 1. The van der Waals surface area contributed by atoms with Gasteiger partial charge in [0, 0.05) is 76.2 Å². The maximum absolute atomic E-state index is 11.5. The molecule has 0 fully saturated rings. The summed E-state index contributed by atoms with van der Waals surface area (Å²) < 4.78 is 8.54. The Hall–Kier alpha value is -4.25. The molecule has 7 aromatic rings. The first-order chi connectivity index (χ1) is 20.4. The van der Waals surface area contributed by atoms with E-state index in [1.807, 2.05) is 72.0 Å². The number of benzene rings is 4. The first-order valence-electron chi connectivity index (χ1n) is 14.5. The second kappa shape index (κ2) is 11.7. The number of rotatable bonds is 2. The summed E-state index contributed by atoms with van der Waals surface area (Å²) in [7, 11) is 0. The van der Waals surface area contributed by atoms with Gasteiger partial charge in [0.2, 0.25) is 0 Å². The molecule has 5 nitrogen and oxygen atoms in total. The Labute approximate surface area is 270 Å². The van der Waals surface area contributed by atoms with Gasteiger partial charge < -0.3 is 19.1 Å². The van der Waals surface area contributed by atoms with Gasteiger partial charge in [-0.3, -0.25) is 4.79 Å². The van der Waals surface area contributed by atoms with Gasteiger partial charge in [0.1, 0.15) is 11.3 Å². The molecule has 1 radical (unpaired) electrons. The van der Waals surface area contributed by atoms with Gasteiger partial charge in [-0.25, -0.2) is 0 Å². The number of hydrogen-bond donors (Lipinski definition) is 1. The summed E-state index contributed by atoms with van der Waals surface area (Å²) in [5.74, 6) is 0.104. The molecule has 3 heterocycles. The van der Waals surface area contributed by atoms with E-state index in [4.69, 9.17) is 9.40 Å². The molecule has 0 aliphatic heterocycles. The topological polar surface area (TPSA) is 68.3 Å². The molecule has 44 heavy (non-hydrogen) atoms. The van der Waals surface area contributed by atoms with Crippen molar-refractivity contribution in [3.63, 3.8) is 0 Å². The van der Waals surface area contributed by atoms with Crippen LogP contribution >= 0.6 is 0 Å². The second-order valence-corrected chi connectivity index (χ2v) is 13.0. The number of pyridine rings is 1. The van der Waals surface area contributed by atoms with Crippen molar-refractivity contribution in [2.24, 2.45) is 10.8 Å². The molecule has 6 heteroatoms. The average Bonchev–Trinajstić information content (AvgIpc) is 3.30. The van der Waals surface area contributed by atoms with E-state index in [-0.39, 0.29) is 37.1 Å². The van der Waals surface area contributed by atoms with Crippen molar-refractivity contribution in [2.45, 2.75) is 41.5 Å². The third kappa shape index (κ3) is 5.56. The minimum atomic E-state index is -0.417. The summed E-state index contributed by atoms with van der Waals surface area (Å²) in [6, 6.07) is 32.5. The van der Waals surface area contributed by atoms with Gasteiger partial charge in [0.25, 0.3) is 0 Å². The molecule has 0 saturated carbocycles. The third-order valence-corrected chi connectivity index (χ3v) is 7.70. The van der Waals surface area contributed by atoms with E-state index in [0.29, 0.717) is 0 Å². The van der Waals surface area contributed by atoms with Gasteiger partial charge in [0.15, 0.2) is 5.78 Å². The molecule has 0 atom stereocenters. The van der Waals surface area contributed by atoms with Crippen LogP contribution in [0.15, 0.2) is 107 Å². The number of furan rings is 1.